The van der Waals surface area contributed by atoms with E-state index >= 15 is 0 Å². The van der Waals surface area contributed by atoms with E-state index in [9.17, 15) is 22.8 Å². The van der Waals surface area contributed by atoms with Crippen LogP contribution in [0.15, 0.2) is 36.9 Å². The van der Waals surface area contributed by atoms with E-state index in [4.69, 9.17) is 5.11 Å². The third-order valence-electron chi connectivity index (χ3n) is 2.43. The number of nitrogens with one attached hydrogen (secondary N) is 1. The second-order valence-corrected chi connectivity index (χ2v) is 4.07. The van der Waals surface area contributed by atoms with Crippen molar-refractivity contribution >= 4 is 17.7 Å². The predicted octanol–water partition coefficient (Wildman–Crippen LogP) is 2.81. The SMILES string of the molecule is C=CCN(CC(=O)O)C(=O)Nc1ccc(C(F)(F)F)cc1. The molecule has 0 saturated carbocycles. The van der Waals surface area contributed by atoms with Crippen molar-refractivity contribution in [2.45, 2.75) is 6.18 Å². The van der Waals surface area contributed by atoms with E-state index in [2.05, 4.69) is 11.9 Å². The van der Waals surface area contributed by atoms with Crippen molar-refractivity contribution in [3.05, 3.63) is 42.5 Å². The number of aliphatic carboxylic acids is 1. The molecule has 0 spiro atoms. The molecule has 0 radical (unpaired) electrons. The highest BCUT2D eigenvalue weighted by Gasteiger charge is 2.30. The average molecular weight is 302 g/mol. The first-order valence-electron chi connectivity index (χ1n) is 5.80. The first-order chi connectivity index (χ1) is 9.74. The molecule has 0 aliphatic carbocycles. The molecule has 0 heterocycles. The molecule has 0 saturated heterocycles. The van der Waals surface area contributed by atoms with Crippen LogP contribution in [0, 0.1) is 0 Å². The van der Waals surface area contributed by atoms with Crippen LogP contribution in [0.4, 0.5) is 23.7 Å². The second kappa shape index (κ2) is 6.78. The monoisotopic (exact) mass is 302 g/mol. The van der Waals surface area contributed by atoms with Crippen LogP contribution in [0.3, 0.4) is 0 Å². The lowest BCUT2D eigenvalue weighted by Gasteiger charge is -2.19. The van der Waals surface area contributed by atoms with Crippen LogP contribution in [0.25, 0.3) is 0 Å². The lowest BCUT2D eigenvalue weighted by molar-refractivity contribution is -0.138. The van der Waals surface area contributed by atoms with Gasteiger partial charge in [0.2, 0.25) is 0 Å². The molecule has 0 aliphatic rings. The lowest BCUT2D eigenvalue weighted by Crippen LogP contribution is -2.38. The van der Waals surface area contributed by atoms with Gasteiger partial charge in [-0.3, -0.25) is 4.79 Å². The Labute approximate surface area is 118 Å². The smallest absolute Gasteiger partial charge is 0.416 e. The Morgan fingerprint density at radius 1 is 1.29 bits per heavy atom. The predicted molar refractivity (Wildman–Crippen MR) is 69.9 cm³/mol. The van der Waals surface area contributed by atoms with E-state index in [0.29, 0.717) is 0 Å². The standard InChI is InChI=1S/C13H13F3N2O3/c1-2-7-18(8-11(19)20)12(21)17-10-5-3-9(4-6-10)13(14,15)16/h2-6H,1,7-8H2,(H,17,21)(H,19,20). The minimum Gasteiger partial charge on any atom is -0.480 e. The van der Waals surface area contributed by atoms with Crippen molar-refractivity contribution in [2.75, 3.05) is 18.4 Å². The van der Waals surface area contributed by atoms with Gasteiger partial charge in [0.1, 0.15) is 6.54 Å². The van der Waals surface area contributed by atoms with Gasteiger partial charge in [-0.2, -0.15) is 13.2 Å². The summed E-state index contributed by atoms with van der Waals surface area (Å²) in [4.78, 5) is 23.4. The van der Waals surface area contributed by atoms with Crippen molar-refractivity contribution < 1.29 is 27.9 Å². The van der Waals surface area contributed by atoms with Gasteiger partial charge in [0, 0.05) is 12.2 Å². The number of anilines is 1. The summed E-state index contributed by atoms with van der Waals surface area (Å²) >= 11 is 0. The van der Waals surface area contributed by atoms with E-state index < -0.39 is 30.3 Å². The molecule has 2 amide bonds. The Bertz CT molecular complexity index is 526. The molecular weight excluding hydrogens is 289 g/mol. The number of amides is 2. The molecular formula is C13H13F3N2O3. The van der Waals surface area contributed by atoms with Crippen LogP contribution in [-0.2, 0) is 11.0 Å². The minimum absolute atomic E-state index is 0.00122. The first-order valence-corrected chi connectivity index (χ1v) is 5.80. The molecule has 0 aliphatic heterocycles. The number of rotatable bonds is 5. The number of hydrogen-bond donors (Lipinski definition) is 2. The summed E-state index contributed by atoms with van der Waals surface area (Å²) in [6.07, 6.45) is -3.12. The Kier molecular flexibility index (Phi) is 5.34. The average Bonchev–Trinajstić information content (AvgIpc) is 2.37. The highest BCUT2D eigenvalue weighted by molar-refractivity contribution is 5.91. The number of carbonyl (C=O) groups excluding carboxylic acids is 1. The Morgan fingerprint density at radius 2 is 1.86 bits per heavy atom. The summed E-state index contributed by atoms with van der Waals surface area (Å²) in [7, 11) is 0. The molecule has 1 aromatic rings. The Morgan fingerprint density at radius 3 is 2.29 bits per heavy atom. The van der Waals surface area contributed by atoms with Crippen molar-refractivity contribution in [2.24, 2.45) is 0 Å². The fraction of sp³-hybridized carbons (Fsp3) is 0.231. The zero-order valence-corrected chi connectivity index (χ0v) is 10.9. The fourth-order valence-electron chi connectivity index (χ4n) is 1.48. The zero-order chi connectivity index (χ0) is 16.0. The Hall–Kier alpha value is -2.51. The molecule has 0 atom stereocenters. The highest BCUT2D eigenvalue weighted by Crippen LogP contribution is 2.29. The van der Waals surface area contributed by atoms with E-state index in [1.165, 1.54) is 6.08 Å². The van der Waals surface area contributed by atoms with Gasteiger partial charge < -0.3 is 15.3 Å². The summed E-state index contributed by atoms with van der Waals surface area (Å²) < 4.78 is 37.1. The zero-order valence-electron chi connectivity index (χ0n) is 10.9. The number of carboxylic acid groups (broad SMARTS) is 1. The topological polar surface area (TPSA) is 69.6 Å². The largest absolute Gasteiger partial charge is 0.480 e. The van der Waals surface area contributed by atoms with Crippen LogP contribution in [0.1, 0.15) is 5.56 Å². The molecule has 1 aromatic carbocycles. The molecule has 0 unspecified atom stereocenters. The molecule has 1 rings (SSSR count). The maximum Gasteiger partial charge on any atom is 0.416 e. The van der Waals surface area contributed by atoms with Crippen molar-refractivity contribution in [1.82, 2.24) is 4.90 Å². The van der Waals surface area contributed by atoms with Gasteiger partial charge in [-0.05, 0) is 24.3 Å². The van der Waals surface area contributed by atoms with Crippen LogP contribution in [0.5, 0.6) is 0 Å². The highest BCUT2D eigenvalue weighted by atomic mass is 19.4. The van der Waals surface area contributed by atoms with Gasteiger partial charge >= 0.3 is 18.2 Å². The van der Waals surface area contributed by atoms with E-state index in [0.717, 1.165) is 29.2 Å². The molecule has 0 bridgehead atoms. The number of benzene rings is 1. The molecule has 0 aromatic heterocycles. The Balaban J connectivity index is 2.76. The van der Waals surface area contributed by atoms with Gasteiger partial charge in [0.05, 0.1) is 5.56 Å². The molecule has 5 nitrogen and oxygen atoms in total. The summed E-state index contributed by atoms with van der Waals surface area (Å²) in [6.45, 7) is 2.85. The number of hydrogen-bond acceptors (Lipinski definition) is 2. The molecule has 8 heteroatoms. The number of nitrogens with zero attached hydrogens (tertiary/aromatic N) is 1. The van der Waals surface area contributed by atoms with E-state index in [1.807, 2.05) is 0 Å². The number of carbonyl (C=O) groups is 2. The third-order valence-corrected chi connectivity index (χ3v) is 2.43. The van der Waals surface area contributed by atoms with E-state index in [1.54, 1.807) is 0 Å². The van der Waals surface area contributed by atoms with Crippen molar-refractivity contribution in [3.8, 4) is 0 Å². The van der Waals surface area contributed by atoms with Gasteiger partial charge in [0.15, 0.2) is 0 Å². The number of alkyl halides is 3. The summed E-state index contributed by atoms with van der Waals surface area (Å²) in [5.41, 5.74) is -0.707. The van der Waals surface area contributed by atoms with Crippen LogP contribution in [0.2, 0.25) is 0 Å². The molecule has 2 N–H and O–H groups in total. The molecule has 0 fully saturated rings. The number of halogens is 3. The number of urea groups is 1. The number of carboxylic acids is 1. The van der Waals surface area contributed by atoms with Crippen molar-refractivity contribution in [3.63, 3.8) is 0 Å². The van der Waals surface area contributed by atoms with Crippen LogP contribution in [-0.4, -0.2) is 35.1 Å². The first kappa shape index (κ1) is 16.5. The maximum absolute atomic E-state index is 12.4. The van der Waals surface area contributed by atoms with Gasteiger partial charge in [0.25, 0.3) is 0 Å². The summed E-state index contributed by atoms with van der Waals surface area (Å²) in [5, 5.41) is 11.0. The minimum atomic E-state index is -4.46. The van der Waals surface area contributed by atoms with Gasteiger partial charge in [-0.1, -0.05) is 6.08 Å². The molecule has 21 heavy (non-hydrogen) atoms. The fourth-order valence-corrected chi connectivity index (χ4v) is 1.48. The summed E-state index contributed by atoms with van der Waals surface area (Å²) in [5.74, 6) is -1.21. The van der Waals surface area contributed by atoms with Crippen molar-refractivity contribution in [1.29, 1.82) is 0 Å². The maximum atomic E-state index is 12.4. The van der Waals surface area contributed by atoms with E-state index in [-0.39, 0.29) is 12.2 Å². The third kappa shape index (κ3) is 5.17. The second-order valence-electron chi connectivity index (χ2n) is 4.07. The lowest BCUT2D eigenvalue weighted by atomic mass is 10.2. The van der Waals surface area contributed by atoms with Crippen LogP contribution < -0.4 is 5.32 Å². The quantitative estimate of drug-likeness (QED) is 0.822. The van der Waals surface area contributed by atoms with Gasteiger partial charge in [-0.25, -0.2) is 4.79 Å². The summed E-state index contributed by atoms with van der Waals surface area (Å²) in [6, 6.07) is 3.09. The van der Waals surface area contributed by atoms with Crippen LogP contribution >= 0.6 is 0 Å². The van der Waals surface area contributed by atoms with Gasteiger partial charge in [-0.15, -0.1) is 6.58 Å². The normalized spacial score (nSPS) is 10.8. The molecule has 114 valence electrons.